The number of hydrogen-bond acceptors (Lipinski definition) is 1. The minimum Gasteiger partial charge on any atom is -0.318 e. The van der Waals surface area contributed by atoms with Crippen molar-refractivity contribution in [1.29, 1.82) is 0 Å². The highest BCUT2D eigenvalue weighted by Crippen LogP contribution is 2.35. The highest BCUT2D eigenvalue weighted by molar-refractivity contribution is 9.10. The van der Waals surface area contributed by atoms with Gasteiger partial charge in [-0.05, 0) is 55.2 Å². The Balaban J connectivity index is 2.61. The Hall–Kier alpha value is -0.830. The summed E-state index contributed by atoms with van der Waals surface area (Å²) in [5, 5.41) is 0.681. The van der Waals surface area contributed by atoms with Crippen molar-refractivity contribution in [2.45, 2.75) is 26.3 Å². The van der Waals surface area contributed by atoms with Gasteiger partial charge in [-0.25, -0.2) is 0 Å². The number of rotatable bonds is 2. The van der Waals surface area contributed by atoms with Gasteiger partial charge < -0.3 is 5.73 Å². The fraction of sp³-hybridized carbons (Fsp3) is 0.250. The maximum absolute atomic E-state index is 6.58. The molecule has 0 radical (unpaired) electrons. The summed E-state index contributed by atoms with van der Waals surface area (Å²) in [6, 6.07) is 12.0. The van der Waals surface area contributed by atoms with Crippen LogP contribution in [-0.4, -0.2) is 0 Å². The lowest BCUT2D eigenvalue weighted by Crippen LogP contribution is -2.35. The van der Waals surface area contributed by atoms with Crippen molar-refractivity contribution in [3.05, 3.63) is 68.1 Å². The molecular weight excluding hydrogens is 322 g/mol. The van der Waals surface area contributed by atoms with Gasteiger partial charge >= 0.3 is 0 Å². The van der Waals surface area contributed by atoms with Crippen molar-refractivity contribution in [2.75, 3.05) is 0 Å². The number of aryl methyl sites for hydroxylation is 1. The molecule has 0 fully saturated rings. The molecule has 2 aromatic rings. The van der Waals surface area contributed by atoms with E-state index in [1.165, 1.54) is 11.1 Å². The Labute approximate surface area is 127 Å². The van der Waals surface area contributed by atoms with E-state index in [1.807, 2.05) is 31.2 Å². The summed E-state index contributed by atoms with van der Waals surface area (Å²) < 4.78 is 0.956. The zero-order chi connectivity index (χ0) is 14.2. The lowest BCUT2D eigenvalue weighted by Gasteiger charge is -2.29. The van der Waals surface area contributed by atoms with Gasteiger partial charge in [-0.2, -0.15) is 0 Å². The largest absolute Gasteiger partial charge is 0.318 e. The predicted octanol–water partition coefficient (Wildman–Crippen LogP) is 4.94. The minimum atomic E-state index is -0.603. The summed E-state index contributed by atoms with van der Waals surface area (Å²) in [6.07, 6.45) is 0. The molecule has 0 aliphatic heterocycles. The van der Waals surface area contributed by atoms with E-state index in [2.05, 4.69) is 41.9 Å². The van der Waals surface area contributed by atoms with E-state index in [0.717, 1.165) is 15.6 Å². The molecule has 100 valence electrons. The van der Waals surface area contributed by atoms with Crippen LogP contribution in [0.15, 0.2) is 40.9 Å². The highest BCUT2D eigenvalue weighted by atomic mass is 79.9. The first-order valence-electron chi connectivity index (χ1n) is 6.15. The second-order valence-corrected chi connectivity index (χ2v) is 6.40. The van der Waals surface area contributed by atoms with Crippen LogP contribution in [0.4, 0.5) is 0 Å². The molecule has 0 spiro atoms. The third-order valence-corrected chi connectivity index (χ3v) is 4.46. The van der Waals surface area contributed by atoms with Gasteiger partial charge in [-0.1, -0.05) is 51.8 Å². The molecular formula is C16H17BrClN. The van der Waals surface area contributed by atoms with Gasteiger partial charge in [-0.15, -0.1) is 0 Å². The van der Waals surface area contributed by atoms with Crippen LogP contribution in [0.5, 0.6) is 0 Å². The smallest absolute Gasteiger partial charge is 0.0654 e. The van der Waals surface area contributed by atoms with Crippen LogP contribution in [0.2, 0.25) is 5.02 Å². The Bertz CT molecular complexity index is 620. The Morgan fingerprint density at radius 2 is 1.79 bits per heavy atom. The van der Waals surface area contributed by atoms with E-state index in [0.29, 0.717) is 5.02 Å². The quantitative estimate of drug-likeness (QED) is 0.824. The molecule has 0 heterocycles. The molecule has 2 rings (SSSR count). The van der Waals surface area contributed by atoms with Crippen LogP contribution >= 0.6 is 27.5 Å². The number of nitrogens with two attached hydrogens (primary N) is 1. The third-order valence-electron chi connectivity index (χ3n) is 3.65. The van der Waals surface area contributed by atoms with E-state index in [1.54, 1.807) is 0 Å². The molecule has 2 aromatic carbocycles. The summed E-state index contributed by atoms with van der Waals surface area (Å²) in [6.45, 7) is 6.20. The van der Waals surface area contributed by atoms with E-state index in [9.17, 15) is 0 Å². The normalized spacial score (nSPS) is 14.2. The topological polar surface area (TPSA) is 26.0 Å². The first kappa shape index (κ1) is 14.6. The van der Waals surface area contributed by atoms with E-state index >= 15 is 0 Å². The molecule has 0 aromatic heterocycles. The van der Waals surface area contributed by atoms with Gasteiger partial charge in [0, 0.05) is 9.50 Å². The van der Waals surface area contributed by atoms with Crippen molar-refractivity contribution in [1.82, 2.24) is 0 Å². The second-order valence-electron chi connectivity index (χ2n) is 5.07. The van der Waals surface area contributed by atoms with Crippen LogP contribution in [0, 0.1) is 13.8 Å². The minimum absolute atomic E-state index is 0.603. The number of halogens is 2. The van der Waals surface area contributed by atoms with Gasteiger partial charge in [0.15, 0.2) is 0 Å². The average Bonchev–Trinajstić information content (AvgIpc) is 2.31. The zero-order valence-corrected chi connectivity index (χ0v) is 13.6. The van der Waals surface area contributed by atoms with Crippen molar-refractivity contribution >= 4 is 27.5 Å². The Morgan fingerprint density at radius 1 is 1.11 bits per heavy atom. The molecule has 0 amide bonds. The summed E-state index contributed by atoms with van der Waals surface area (Å²) in [7, 11) is 0. The van der Waals surface area contributed by atoms with Gasteiger partial charge in [0.05, 0.1) is 5.54 Å². The molecule has 1 nitrogen and oxygen atoms in total. The lowest BCUT2D eigenvalue weighted by molar-refractivity contribution is 0.598. The van der Waals surface area contributed by atoms with E-state index < -0.39 is 5.54 Å². The summed E-state index contributed by atoms with van der Waals surface area (Å²) in [5.74, 6) is 0. The monoisotopic (exact) mass is 337 g/mol. The first-order valence-corrected chi connectivity index (χ1v) is 7.32. The number of benzene rings is 2. The Morgan fingerprint density at radius 3 is 2.42 bits per heavy atom. The molecule has 19 heavy (non-hydrogen) atoms. The molecule has 0 saturated heterocycles. The van der Waals surface area contributed by atoms with Crippen molar-refractivity contribution < 1.29 is 0 Å². The number of hydrogen-bond donors (Lipinski definition) is 1. The summed E-state index contributed by atoms with van der Waals surface area (Å²) in [4.78, 5) is 0. The average molecular weight is 339 g/mol. The van der Waals surface area contributed by atoms with E-state index in [-0.39, 0.29) is 0 Å². The van der Waals surface area contributed by atoms with Crippen LogP contribution in [0.1, 0.15) is 29.2 Å². The SMILES string of the molecule is Cc1cccc(C(C)(N)c2ccc(Br)cc2Cl)c1C. The van der Waals surface area contributed by atoms with Gasteiger partial charge in [-0.3, -0.25) is 0 Å². The van der Waals surface area contributed by atoms with Crippen molar-refractivity contribution in [3.8, 4) is 0 Å². The van der Waals surface area contributed by atoms with Gasteiger partial charge in [0.25, 0.3) is 0 Å². The highest BCUT2D eigenvalue weighted by Gasteiger charge is 2.28. The van der Waals surface area contributed by atoms with Crippen LogP contribution in [0.25, 0.3) is 0 Å². The maximum atomic E-state index is 6.58. The third kappa shape index (κ3) is 2.71. The predicted molar refractivity (Wildman–Crippen MR) is 85.7 cm³/mol. The van der Waals surface area contributed by atoms with Crippen LogP contribution in [-0.2, 0) is 5.54 Å². The van der Waals surface area contributed by atoms with Crippen molar-refractivity contribution in [3.63, 3.8) is 0 Å². The van der Waals surface area contributed by atoms with Crippen LogP contribution in [0.3, 0.4) is 0 Å². The Kier molecular flexibility index (Phi) is 4.05. The molecule has 0 saturated carbocycles. The molecule has 2 N–H and O–H groups in total. The summed E-state index contributed by atoms with van der Waals surface area (Å²) in [5.41, 5.74) is 10.5. The van der Waals surface area contributed by atoms with E-state index in [4.69, 9.17) is 17.3 Å². The fourth-order valence-corrected chi connectivity index (χ4v) is 3.24. The van der Waals surface area contributed by atoms with Crippen molar-refractivity contribution in [2.24, 2.45) is 5.73 Å². The molecule has 3 heteroatoms. The molecule has 0 bridgehead atoms. The standard InChI is InChI=1S/C16H17BrClN/c1-10-5-4-6-13(11(10)2)16(3,19)14-8-7-12(17)9-15(14)18/h4-9H,19H2,1-3H3. The van der Waals surface area contributed by atoms with Crippen LogP contribution < -0.4 is 5.73 Å². The first-order chi connectivity index (χ1) is 8.84. The van der Waals surface area contributed by atoms with Gasteiger partial charge in [0.2, 0.25) is 0 Å². The molecule has 0 aliphatic carbocycles. The molecule has 0 aliphatic rings. The zero-order valence-electron chi connectivity index (χ0n) is 11.3. The maximum Gasteiger partial charge on any atom is 0.0654 e. The fourth-order valence-electron chi connectivity index (χ4n) is 2.37. The lowest BCUT2D eigenvalue weighted by atomic mass is 9.82. The molecule has 1 unspecified atom stereocenters. The molecule has 1 atom stereocenters. The van der Waals surface area contributed by atoms with Gasteiger partial charge in [0.1, 0.15) is 0 Å². The second kappa shape index (κ2) is 5.28. The summed E-state index contributed by atoms with van der Waals surface area (Å²) >= 11 is 9.77.